The Kier molecular flexibility index (Phi) is 3.16. The number of likely N-dealkylation sites (tertiary alicyclic amines) is 1. The summed E-state index contributed by atoms with van der Waals surface area (Å²) in [6.45, 7) is 1.44. The summed E-state index contributed by atoms with van der Waals surface area (Å²) in [7, 11) is 0. The van der Waals surface area contributed by atoms with Gasteiger partial charge in [0.15, 0.2) is 11.5 Å². The summed E-state index contributed by atoms with van der Waals surface area (Å²) in [6, 6.07) is 5.12. The molecular formula is C13H16N2O4. The van der Waals surface area contributed by atoms with Crippen molar-refractivity contribution in [2.24, 2.45) is 5.73 Å². The molecule has 6 nitrogen and oxygen atoms in total. The number of piperidine rings is 1. The smallest absolute Gasteiger partial charge is 0.415 e. The van der Waals surface area contributed by atoms with Crippen LogP contribution in [0.15, 0.2) is 18.2 Å². The number of nitrogens with zero attached hydrogens (tertiary/aromatic N) is 1. The summed E-state index contributed by atoms with van der Waals surface area (Å²) in [5.74, 6) is 1.72. The first-order valence-corrected chi connectivity index (χ1v) is 6.34. The molecule has 0 bridgehead atoms. The third kappa shape index (κ3) is 2.58. The predicted molar refractivity (Wildman–Crippen MR) is 67.4 cm³/mol. The molecule has 3 rings (SSSR count). The maximum atomic E-state index is 12.0. The maximum absolute atomic E-state index is 12.0. The van der Waals surface area contributed by atoms with E-state index in [0.29, 0.717) is 30.3 Å². The number of hydrogen-bond donors (Lipinski definition) is 1. The van der Waals surface area contributed by atoms with Crippen LogP contribution < -0.4 is 19.9 Å². The van der Waals surface area contributed by atoms with E-state index < -0.39 is 0 Å². The zero-order chi connectivity index (χ0) is 13.2. The molecule has 0 spiro atoms. The van der Waals surface area contributed by atoms with Gasteiger partial charge in [-0.2, -0.15) is 0 Å². The van der Waals surface area contributed by atoms with E-state index in [4.69, 9.17) is 19.9 Å². The number of fused-ring (bicyclic) bond motifs is 1. The molecule has 6 heteroatoms. The maximum Gasteiger partial charge on any atom is 0.415 e. The second-order valence-electron chi connectivity index (χ2n) is 4.73. The van der Waals surface area contributed by atoms with Crippen molar-refractivity contribution in [1.82, 2.24) is 4.90 Å². The second-order valence-corrected chi connectivity index (χ2v) is 4.73. The Morgan fingerprint density at radius 3 is 3.05 bits per heavy atom. The first kappa shape index (κ1) is 12.1. The molecular weight excluding hydrogens is 248 g/mol. The van der Waals surface area contributed by atoms with Gasteiger partial charge in [0.2, 0.25) is 6.79 Å². The molecule has 0 radical (unpaired) electrons. The molecule has 1 amide bonds. The van der Waals surface area contributed by atoms with Crippen LogP contribution in [0.4, 0.5) is 4.79 Å². The van der Waals surface area contributed by atoms with E-state index in [1.807, 2.05) is 0 Å². The van der Waals surface area contributed by atoms with Crippen molar-refractivity contribution >= 4 is 6.09 Å². The summed E-state index contributed by atoms with van der Waals surface area (Å²) < 4.78 is 15.8. The average Bonchev–Trinajstić information content (AvgIpc) is 2.86. The third-order valence-electron chi connectivity index (χ3n) is 3.27. The van der Waals surface area contributed by atoms with Gasteiger partial charge in [-0.1, -0.05) is 0 Å². The zero-order valence-corrected chi connectivity index (χ0v) is 10.5. The van der Waals surface area contributed by atoms with E-state index in [9.17, 15) is 4.79 Å². The summed E-state index contributed by atoms with van der Waals surface area (Å²) >= 11 is 0. The Morgan fingerprint density at radius 2 is 2.21 bits per heavy atom. The highest BCUT2D eigenvalue weighted by molar-refractivity contribution is 5.71. The summed E-state index contributed by atoms with van der Waals surface area (Å²) in [5, 5.41) is 0. The van der Waals surface area contributed by atoms with Crippen molar-refractivity contribution in [2.75, 3.05) is 19.9 Å². The Balaban J connectivity index is 1.66. The van der Waals surface area contributed by atoms with Gasteiger partial charge >= 0.3 is 6.09 Å². The van der Waals surface area contributed by atoms with E-state index in [1.165, 1.54) is 0 Å². The molecule has 2 aliphatic heterocycles. The fourth-order valence-corrected chi connectivity index (χ4v) is 2.28. The molecule has 1 aromatic rings. The Morgan fingerprint density at radius 1 is 1.37 bits per heavy atom. The van der Waals surface area contributed by atoms with Gasteiger partial charge in [0.1, 0.15) is 5.75 Å². The predicted octanol–water partition coefficient (Wildman–Crippen LogP) is 1.34. The number of hydrogen-bond acceptors (Lipinski definition) is 5. The van der Waals surface area contributed by atoms with E-state index in [0.717, 1.165) is 12.8 Å². The molecule has 0 saturated carbocycles. The number of carbonyl (C=O) groups excluding carboxylic acids is 1. The lowest BCUT2D eigenvalue weighted by molar-refractivity contribution is 0.137. The van der Waals surface area contributed by atoms with Crippen LogP contribution in [-0.2, 0) is 0 Å². The monoisotopic (exact) mass is 264 g/mol. The van der Waals surface area contributed by atoms with Crippen LogP contribution in [0.2, 0.25) is 0 Å². The number of ether oxygens (including phenoxy) is 3. The average molecular weight is 264 g/mol. The highest BCUT2D eigenvalue weighted by atomic mass is 16.7. The molecule has 102 valence electrons. The van der Waals surface area contributed by atoms with E-state index in [-0.39, 0.29) is 18.9 Å². The van der Waals surface area contributed by atoms with Gasteiger partial charge in [-0.25, -0.2) is 4.79 Å². The highest BCUT2D eigenvalue weighted by Gasteiger charge is 2.23. The molecule has 19 heavy (non-hydrogen) atoms. The van der Waals surface area contributed by atoms with Gasteiger partial charge in [0, 0.05) is 25.2 Å². The number of carbonyl (C=O) groups is 1. The molecule has 1 saturated heterocycles. The second kappa shape index (κ2) is 4.97. The Hall–Kier alpha value is -1.95. The van der Waals surface area contributed by atoms with Crippen molar-refractivity contribution < 1.29 is 19.0 Å². The minimum absolute atomic E-state index is 0.0399. The molecule has 1 aromatic carbocycles. The van der Waals surface area contributed by atoms with E-state index >= 15 is 0 Å². The van der Waals surface area contributed by atoms with Crippen LogP contribution in [0.1, 0.15) is 12.8 Å². The Labute approximate surface area is 111 Å². The van der Waals surface area contributed by atoms with Crippen LogP contribution in [0.3, 0.4) is 0 Å². The minimum Gasteiger partial charge on any atom is -0.454 e. The number of rotatable bonds is 1. The van der Waals surface area contributed by atoms with Gasteiger partial charge in [0.25, 0.3) is 0 Å². The van der Waals surface area contributed by atoms with Gasteiger partial charge in [0.05, 0.1) is 0 Å². The fourth-order valence-electron chi connectivity index (χ4n) is 2.28. The largest absolute Gasteiger partial charge is 0.454 e. The molecule has 0 aliphatic carbocycles. The lowest BCUT2D eigenvalue weighted by Crippen LogP contribution is -2.46. The number of benzene rings is 1. The van der Waals surface area contributed by atoms with E-state index in [2.05, 4.69) is 0 Å². The van der Waals surface area contributed by atoms with Crippen LogP contribution in [-0.4, -0.2) is 36.9 Å². The molecule has 1 atom stereocenters. The topological polar surface area (TPSA) is 74.0 Å². The van der Waals surface area contributed by atoms with Crippen molar-refractivity contribution in [3.8, 4) is 17.2 Å². The van der Waals surface area contributed by atoms with Gasteiger partial charge in [-0.15, -0.1) is 0 Å². The first-order valence-electron chi connectivity index (χ1n) is 6.34. The summed E-state index contributed by atoms with van der Waals surface area (Å²) in [4.78, 5) is 13.6. The minimum atomic E-state index is -0.367. The highest BCUT2D eigenvalue weighted by Crippen LogP contribution is 2.35. The van der Waals surface area contributed by atoms with Gasteiger partial charge in [-0.05, 0) is 25.0 Å². The van der Waals surface area contributed by atoms with Crippen LogP contribution in [0, 0.1) is 0 Å². The standard InChI is InChI=1S/C13H16N2O4/c14-9-2-1-5-15(7-9)13(16)19-10-3-4-11-12(6-10)18-8-17-11/h3-4,6,9H,1-2,5,7-8,14H2. The van der Waals surface area contributed by atoms with Crippen molar-refractivity contribution in [3.05, 3.63) is 18.2 Å². The zero-order valence-electron chi connectivity index (χ0n) is 10.5. The molecule has 2 heterocycles. The number of nitrogens with two attached hydrogens (primary N) is 1. The molecule has 1 unspecified atom stereocenters. The van der Waals surface area contributed by atoms with Crippen LogP contribution in [0.25, 0.3) is 0 Å². The molecule has 2 N–H and O–H groups in total. The third-order valence-corrected chi connectivity index (χ3v) is 3.27. The SMILES string of the molecule is NC1CCCN(C(=O)Oc2ccc3c(c2)OCO3)C1. The molecule has 0 aromatic heterocycles. The summed E-state index contributed by atoms with van der Waals surface area (Å²) in [6.07, 6.45) is 1.50. The van der Waals surface area contributed by atoms with E-state index in [1.54, 1.807) is 23.1 Å². The molecule has 1 fully saturated rings. The van der Waals surface area contributed by atoms with Crippen molar-refractivity contribution in [3.63, 3.8) is 0 Å². The number of amides is 1. The lowest BCUT2D eigenvalue weighted by Gasteiger charge is -2.29. The molecule has 2 aliphatic rings. The van der Waals surface area contributed by atoms with Crippen molar-refractivity contribution in [1.29, 1.82) is 0 Å². The van der Waals surface area contributed by atoms with Gasteiger partial charge in [-0.3, -0.25) is 0 Å². The first-order chi connectivity index (χ1) is 9.22. The Bertz CT molecular complexity index is 492. The fraction of sp³-hybridized carbons (Fsp3) is 0.462. The van der Waals surface area contributed by atoms with Gasteiger partial charge < -0.3 is 24.8 Å². The normalized spacial score (nSPS) is 21.3. The quantitative estimate of drug-likeness (QED) is 0.828. The van der Waals surface area contributed by atoms with Crippen molar-refractivity contribution in [2.45, 2.75) is 18.9 Å². The van der Waals surface area contributed by atoms with Crippen LogP contribution >= 0.6 is 0 Å². The van der Waals surface area contributed by atoms with Crippen LogP contribution in [0.5, 0.6) is 17.2 Å². The summed E-state index contributed by atoms with van der Waals surface area (Å²) in [5.41, 5.74) is 5.84. The lowest BCUT2D eigenvalue weighted by atomic mass is 10.1.